The van der Waals surface area contributed by atoms with E-state index in [2.05, 4.69) is 15.4 Å². The molecule has 0 aromatic carbocycles. The van der Waals surface area contributed by atoms with Gasteiger partial charge in [-0.3, -0.25) is 0 Å². The van der Waals surface area contributed by atoms with Gasteiger partial charge in [-0.25, -0.2) is 0 Å². The molecule has 1 nitrogen and oxygen atoms in total. The molecule has 0 saturated carbocycles. The molecule has 5 heteroatoms. The molecule has 5 heavy (non-hydrogen) atoms. The predicted octanol–water partition coefficient (Wildman–Crippen LogP) is -0.505. The zero-order chi connectivity index (χ0) is 2.00. The fourth-order valence-electron chi connectivity index (χ4n) is 0. The van der Waals surface area contributed by atoms with Crippen molar-refractivity contribution in [1.29, 1.82) is 0 Å². The van der Waals surface area contributed by atoms with Gasteiger partial charge in [0.25, 0.3) is 0 Å². The zero-order valence-corrected chi connectivity index (χ0v) is 10.3. The molecule has 0 spiro atoms. The summed E-state index contributed by atoms with van der Waals surface area (Å²) in [7, 11) is 0. The first-order valence-corrected chi connectivity index (χ1v) is 0.532. The molecule has 0 aromatic rings. The molecule has 0 amide bonds. The van der Waals surface area contributed by atoms with Crippen molar-refractivity contribution in [2.75, 3.05) is 0 Å². The second-order valence-corrected chi connectivity index (χ2v) is 0. The Bertz CT molecular complexity index is 11.6. The molecule has 0 unspecified atom stereocenters. The van der Waals surface area contributed by atoms with E-state index in [1.54, 1.807) is 0 Å². The molecule has 0 rings (SSSR count). The van der Waals surface area contributed by atoms with Gasteiger partial charge in [-0.05, 0) is 0 Å². The van der Waals surface area contributed by atoms with E-state index in [-0.39, 0.29) is 90.4 Å². The van der Waals surface area contributed by atoms with E-state index in [0.29, 0.717) is 0 Å². The Labute approximate surface area is 107 Å². The van der Waals surface area contributed by atoms with Crippen LogP contribution in [0.25, 0.3) is 0 Å². The molecule has 0 fully saturated rings. The summed E-state index contributed by atoms with van der Waals surface area (Å²) < 4.78 is 7.88. The van der Waals surface area contributed by atoms with Crippen molar-refractivity contribution in [3.63, 3.8) is 0 Å². The molecule has 0 aliphatic heterocycles. The summed E-state index contributed by atoms with van der Waals surface area (Å²) in [5.74, 6) is 0. The van der Waals surface area contributed by atoms with Crippen LogP contribution in [-0.2, 0) is 36.4 Å². The molecule has 0 atom stereocenters. The Balaban J connectivity index is -0.00000000167. The van der Waals surface area contributed by atoms with Crippen molar-refractivity contribution in [3.05, 3.63) is 0 Å². The predicted molar refractivity (Wildman–Crippen MR) is 6.44 cm³/mol. The summed E-state index contributed by atoms with van der Waals surface area (Å²) in [6.07, 6.45) is 0. The summed E-state index contributed by atoms with van der Waals surface area (Å²) in [5.41, 5.74) is 0. The minimum atomic E-state index is 0. The van der Waals surface area contributed by atoms with E-state index in [1.165, 1.54) is 0 Å². The molecule has 0 aromatic heterocycles. The third-order valence-electron chi connectivity index (χ3n) is 0. The van der Waals surface area contributed by atoms with Gasteiger partial charge in [0.15, 0.2) is 0 Å². The second kappa shape index (κ2) is 26.7. The molecule has 0 heterocycles. The first kappa shape index (κ1) is 24.0. The number of hydrogen-bond acceptors (Lipinski definition) is 1. The Morgan fingerprint density at radius 1 is 1.20 bits per heavy atom. The molecular formula is CaFeLaNiO. The summed E-state index contributed by atoms with van der Waals surface area (Å²) in [6, 6.07) is 0. The quantitative estimate of drug-likeness (QED) is 0.551. The van der Waals surface area contributed by atoms with E-state index < -0.39 is 0 Å². The van der Waals surface area contributed by atoms with Crippen molar-refractivity contribution < 1.29 is 72.0 Å². The average Bonchev–Trinajstić information content (AvgIpc) is 1.00. The van der Waals surface area contributed by atoms with Gasteiger partial charge >= 0.3 is 19.3 Å². The molecule has 0 saturated heterocycles. The summed E-state index contributed by atoms with van der Waals surface area (Å²) >= 11 is 2.62. The Hall–Kier alpha value is 3.27. The SMILES string of the molecule is [Ca].[Fe].[La].[O]=[Ni]. The van der Waals surface area contributed by atoms with Gasteiger partial charge in [0, 0.05) is 90.4 Å². The van der Waals surface area contributed by atoms with Crippen LogP contribution in [0.15, 0.2) is 0 Å². The molecule has 0 aliphatic rings. The van der Waals surface area contributed by atoms with Crippen LogP contribution in [0.4, 0.5) is 0 Å². The minimum absolute atomic E-state index is 0. The fraction of sp³-hybridized carbons (Fsp3) is 0. The Morgan fingerprint density at radius 3 is 1.20 bits per heavy atom. The standard InChI is InChI=1S/Ca.Fe.La.Ni.O. The third kappa shape index (κ3) is 18.9. The Morgan fingerprint density at radius 2 is 1.20 bits per heavy atom. The van der Waals surface area contributed by atoms with E-state index in [4.69, 9.17) is 3.90 Å². The van der Waals surface area contributed by atoms with Crippen LogP contribution in [-0.4, -0.2) is 37.7 Å². The van der Waals surface area contributed by atoms with Crippen molar-refractivity contribution >= 4 is 37.7 Å². The van der Waals surface area contributed by atoms with Gasteiger partial charge < -0.3 is 0 Å². The van der Waals surface area contributed by atoms with Crippen LogP contribution >= 0.6 is 0 Å². The van der Waals surface area contributed by atoms with E-state index in [0.717, 1.165) is 0 Å². The first-order valence-electron chi connectivity index (χ1n) is 0.129. The van der Waals surface area contributed by atoms with Crippen LogP contribution in [0.2, 0.25) is 0 Å². The van der Waals surface area contributed by atoms with Gasteiger partial charge in [-0.2, -0.15) is 0 Å². The van der Waals surface area contributed by atoms with Gasteiger partial charge in [0.2, 0.25) is 0 Å². The van der Waals surface area contributed by atoms with Crippen LogP contribution in [0, 0.1) is 35.6 Å². The van der Waals surface area contributed by atoms with Crippen LogP contribution < -0.4 is 0 Å². The van der Waals surface area contributed by atoms with Crippen molar-refractivity contribution in [2.45, 2.75) is 0 Å². The van der Waals surface area contributed by atoms with Gasteiger partial charge in [0.1, 0.15) is 0 Å². The van der Waals surface area contributed by atoms with Crippen LogP contribution in [0.5, 0.6) is 0 Å². The van der Waals surface area contributed by atoms with Gasteiger partial charge in [-0.1, -0.05) is 0 Å². The summed E-state index contributed by atoms with van der Waals surface area (Å²) in [6.45, 7) is 0. The van der Waals surface area contributed by atoms with Gasteiger partial charge in [0.05, 0.1) is 0 Å². The molecule has 29 valence electrons. The fourth-order valence-corrected chi connectivity index (χ4v) is 0. The summed E-state index contributed by atoms with van der Waals surface area (Å²) in [5, 5.41) is 0. The topological polar surface area (TPSA) is 17.1 Å². The van der Waals surface area contributed by atoms with Gasteiger partial charge in [-0.15, -0.1) is 0 Å². The van der Waals surface area contributed by atoms with Crippen molar-refractivity contribution in [2.24, 2.45) is 0 Å². The van der Waals surface area contributed by atoms with Crippen molar-refractivity contribution in [1.82, 2.24) is 0 Å². The van der Waals surface area contributed by atoms with E-state index in [9.17, 15) is 0 Å². The first-order chi connectivity index (χ1) is 1.00. The number of rotatable bonds is 0. The van der Waals surface area contributed by atoms with Crippen molar-refractivity contribution in [3.8, 4) is 0 Å². The monoisotopic (exact) mass is 309 g/mol. The molecule has 0 aliphatic carbocycles. The third-order valence-corrected chi connectivity index (χ3v) is 0. The molecule has 0 bridgehead atoms. The van der Waals surface area contributed by atoms with E-state index in [1.807, 2.05) is 0 Å². The zero-order valence-electron chi connectivity index (χ0n) is 2.36. The molecule has 3 radical (unpaired) electrons. The number of hydrogen-bond donors (Lipinski definition) is 0. The Kier molecular flexibility index (Phi) is 128. The average molecular weight is 310 g/mol. The van der Waals surface area contributed by atoms with E-state index >= 15 is 0 Å². The van der Waals surface area contributed by atoms with Crippen LogP contribution in [0.1, 0.15) is 0 Å². The van der Waals surface area contributed by atoms with Crippen LogP contribution in [0.3, 0.4) is 0 Å². The second-order valence-electron chi connectivity index (χ2n) is 0. The summed E-state index contributed by atoms with van der Waals surface area (Å²) in [4.78, 5) is 0. The molecular weight excluding hydrogens is 310 g/mol. The maximum atomic E-state index is 7.88. The maximum absolute atomic E-state index is 7.88. The molecule has 0 N–H and O–H groups in total. The normalized spacial score (nSPS) is 1.20.